The maximum atomic E-state index is 12.1. The van der Waals surface area contributed by atoms with Gasteiger partial charge in [-0.2, -0.15) is 5.10 Å². The zero-order valence-electron chi connectivity index (χ0n) is 11.8. The number of hydrogen-bond acceptors (Lipinski definition) is 5. The summed E-state index contributed by atoms with van der Waals surface area (Å²) in [6, 6.07) is 7.69. The molecule has 0 aliphatic carbocycles. The van der Waals surface area contributed by atoms with Crippen molar-refractivity contribution in [3.63, 3.8) is 0 Å². The summed E-state index contributed by atoms with van der Waals surface area (Å²) in [7, 11) is 0. The molecule has 0 spiro atoms. The number of hydrogen-bond donors (Lipinski definition) is 0. The predicted molar refractivity (Wildman–Crippen MR) is 83.9 cm³/mol. The second-order valence-electron chi connectivity index (χ2n) is 4.40. The molecular weight excluding hydrogens is 274 g/mol. The van der Waals surface area contributed by atoms with E-state index in [2.05, 4.69) is 10.2 Å². The summed E-state index contributed by atoms with van der Waals surface area (Å²) in [5.41, 5.74) is 1.73. The Bertz CT molecular complexity index is 709. The minimum absolute atomic E-state index is 0.0178. The van der Waals surface area contributed by atoms with Crippen molar-refractivity contribution < 1.29 is 4.74 Å². The molecule has 0 aliphatic rings. The number of benzene rings is 1. The summed E-state index contributed by atoms with van der Waals surface area (Å²) in [6.07, 6.45) is 0. The minimum atomic E-state index is -0.0178. The number of aromatic nitrogens is 1. The largest absolute Gasteiger partial charge is 0.479 e. The van der Waals surface area contributed by atoms with Crippen molar-refractivity contribution in [2.45, 2.75) is 27.3 Å². The van der Waals surface area contributed by atoms with Crippen LogP contribution in [0.4, 0.5) is 0 Å². The van der Waals surface area contributed by atoms with Crippen LogP contribution in [0.5, 0.6) is 0 Å². The maximum absolute atomic E-state index is 12.1. The maximum Gasteiger partial charge on any atom is 0.308 e. The minimum Gasteiger partial charge on any atom is -0.479 e. The van der Waals surface area contributed by atoms with Crippen LogP contribution in [0.1, 0.15) is 20.8 Å². The van der Waals surface area contributed by atoms with E-state index in [0.717, 1.165) is 15.9 Å². The lowest BCUT2D eigenvalue weighted by Gasteiger charge is -2.07. The standard InChI is InChI=1S/C14H17N3O2S/c1-4-19-13(16-15-10(2)3)9-17-11-7-5-6-8-12(11)20-14(17)18/h5-8H,4,9H2,1-3H3. The Balaban J connectivity index is 2.38. The van der Waals surface area contributed by atoms with Crippen LogP contribution in [0.25, 0.3) is 10.2 Å². The van der Waals surface area contributed by atoms with Crippen molar-refractivity contribution in [1.29, 1.82) is 0 Å². The lowest BCUT2D eigenvalue weighted by molar-refractivity contribution is 0.312. The molecule has 1 aromatic heterocycles. The van der Waals surface area contributed by atoms with Crippen molar-refractivity contribution in [1.82, 2.24) is 4.57 Å². The molecule has 2 rings (SSSR count). The highest BCUT2D eigenvalue weighted by Gasteiger charge is 2.10. The van der Waals surface area contributed by atoms with Gasteiger partial charge in [0.2, 0.25) is 5.90 Å². The Morgan fingerprint density at radius 1 is 1.30 bits per heavy atom. The monoisotopic (exact) mass is 291 g/mol. The van der Waals surface area contributed by atoms with Gasteiger partial charge in [0, 0.05) is 5.71 Å². The van der Waals surface area contributed by atoms with Crippen molar-refractivity contribution in [2.24, 2.45) is 10.2 Å². The quantitative estimate of drug-likeness (QED) is 0.494. The molecule has 20 heavy (non-hydrogen) atoms. The van der Waals surface area contributed by atoms with E-state index in [-0.39, 0.29) is 4.87 Å². The fourth-order valence-electron chi connectivity index (χ4n) is 1.73. The SMILES string of the molecule is CCOC(Cn1c(=O)sc2ccccc21)=NN=C(C)C. The van der Waals surface area contributed by atoms with E-state index in [1.165, 1.54) is 11.3 Å². The van der Waals surface area contributed by atoms with Crippen LogP contribution in [0.3, 0.4) is 0 Å². The Labute approximate surface area is 121 Å². The van der Waals surface area contributed by atoms with Crippen molar-refractivity contribution in [2.75, 3.05) is 6.61 Å². The van der Waals surface area contributed by atoms with Crippen LogP contribution in [-0.2, 0) is 11.3 Å². The summed E-state index contributed by atoms with van der Waals surface area (Å²) in [5, 5.41) is 8.06. The number of rotatable bonds is 4. The van der Waals surface area contributed by atoms with E-state index in [1.807, 2.05) is 45.0 Å². The van der Waals surface area contributed by atoms with E-state index in [4.69, 9.17) is 4.74 Å². The van der Waals surface area contributed by atoms with Gasteiger partial charge in [-0.05, 0) is 32.9 Å². The summed E-state index contributed by atoms with van der Waals surface area (Å²) in [4.78, 5) is 12.0. The first-order valence-corrected chi connectivity index (χ1v) is 7.22. The van der Waals surface area contributed by atoms with Crippen LogP contribution in [0.2, 0.25) is 0 Å². The zero-order chi connectivity index (χ0) is 14.5. The van der Waals surface area contributed by atoms with Crippen molar-refractivity contribution >= 4 is 33.2 Å². The normalized spacial score (nSPS) is 11.7. The number of para-hydroxylation sites is 1. The van der Waals surface area contributed by atoms with E-state index in [1.54, 1.807) is 4.57 Å². The van der Waals surface area contributed by atoms with E-state index in [9.17, 15) is 4.79 Å². The van der Waals surface area contributed by atoms with Crippen LogP contribution in [0, 0.1) is 0 Å². The van der Waals surface area contributed by atoms with Crippen LogP contribution < -0.4 is 4.87 Å². The highest BCUT2D eigenvalue weighted by molar-refractivity contribution is 7.16. The van der Waals surface area contributed by atoms with Crippen LogP contribution >= 0.6 is 11.3 Å². The van der Waals surface area contributed by atoms with Gasteiger partial charge in [0.1, 0.15) is 6.54 Å². The Hall–Kier alpha value is -1.95. The summed E-state index contributed by atoms with van der Waals surface area (Å²) in [6.45, 7) is 6.40. The fraction of sp³-hybridized carbons (Fsp3) is 0.357. The molecule has 0 saturated carbocycles. The van der Waals surface area contributed by atoms with E-state index in [0.29, 0.717) is 19.0 Å². The molecule has 0 aliphatic heterocycles. The summed E-state index contributed by atoms with van der Waals surface area (Å²) in [5.74, 6) is 0.444. The number of ether oxygens (including phenoxy) is 1. The van der Waals surface area contributed by atoms with Gasteiger partial charge >= 0.3 is 4.87 Å². The first-order valence-electron chi connectivity index (χ1n) is 6.40. The molecule has 0 radical (unpaired) electrons. The van der Waals surface area contributed by atoms with Crippen molar-refractivity contribution in [3.05, 3.63) is 33.9 Å². The first-order chi connectivity index (χ1) is 9.61. The second-order valence-corrected chi connectivity index (χ2v) is 5.39. The van der Waals surface area contributed by atoms with Gasteiger partial charge in [-0.25, -0.2) is 0 Å². The van der Waals surface area contributed by atoms with Gasteiger partial charge in [0.05, 0.1) is 16.8 Å². The van der Waals surface area contributed by atoms with Gasteiger partial charge in [-0.1, -0.05) is 23.5 Å². The average molecular weight is 291 g/mol. The highest BCUT2D eigenvalue weighted by atomic mass is 32.1. The van der Waals surface area contributed by atoms with Gasteiger partial charge in [-0.3, -0.25) is 9.36 Å². The molecule has 0 amide bonds. The zero-order valence-corrected chi connectivity index (χ0v) is 12.6. The lowest BCUT2D eigenvalue weighted by Crippen LogP contribution is -2.21. The molecule has 5 nitrogen and oxygen atoms in total. The Morgan fingerprint density at radius 3 is 2.75 bits per heavy atom. The summed E-state index contributed by atoms with van der Waals surface area (Å²) >= 11 is 1.22. The highest BCUT2D eigenvalue weighted by Crippen LogP contribution is 2.16. The molecule has 106 valence electrons. The van der Waals surface area contributed by atoms with E-state index < -0.39 is 0 Å². The second kappa shape index (κ2) is 6.47. The van der Waals surface area contributed by atoms with Gasteiger partial charge in [0.25, 0.3) is 0 Å². The molecule has 0 fully saturated rings. The Kier molecular flexibility index (Phi) is 4.68. The average Bonchev–Trinajstić information content (AvgIpc) is 2.73. The third-order valence-corrected chi connectivity index (χ3v) is 3.50. The molecule has 0 bridgehead atoms. The first kappa shape index (κ1) is 14.5. The van der Waals surface area contributed by atoms with Crippen LogP contribution in [-0.4, -0.2) is 22.8 Å². The van der Waals surface area contributed by atoms with Gasteiger partial charge < -0.3 is 4.74 Å². The third-order valence-electron chi connectivity index (χ3n) is 2.54. The molecule has 2 aromatic rings. The predicted octanol–water partition coefficient (Wildman–Crippen LogP) is 2.89. The smallest absolute Gasteiger partial charge is 0.308 e. The number of fused-ring (bicyclic) bond motifs is 1. The molecule has 0 N–H and O–H groups in total. The Morgan fingerprint density at radius 2 is 2.05 bits per heavy atom. The summed E-state index contributed by atoms with van der Waals surface area (Å²) < 4.78 is 8.08. The third kappa shape index (κ3) is 3.33. The molecule has 0 saturated heterocycles. The molecule has 0 unspecified atom stereocenters. The van der Waals surface area contributed by atoms with Gasteiger partial charge in [0.15, 0.2) is 0 Å². The van der Waals surface area contributed by atoms with E-state index >= 15 is 0 Å². The van der Waals surface area contributed by atoms with Gasteiger partial charge in [-0.15, -0.1) is 5.10 Å². The fourth-order valence-corrected chi connectivity index (χ4v) is 2.62. The number of thiazole rings is 1. The molecule has 1 heterocycles. The molecular formula is C14H17N3O2S. The van der Waals surface area contributed by atoms with Crippen molar-refractivity contribution in [3.8, 4) is 0 Å². The molecule has 1 aromatic carbocycles. The lowest BCUT2D eigenvalue weighted by atomic mass is 10.3. The number of nitrogens with zero attached hydrogens (tertiary/aromatic N) is 3. The van der Waals surface area contributed by atoms with Crippen LogP contribution in [0.15, 0.2) is 39.3 Å². The topological polar surface area (TPSA) is 56.0 Å². The molecule has 0 atom stereocenters. The molecule has 6 heteroatoms.